The molecule has 0 aromatic heterocycles. The van der Waals surface area contributed by atoms with Gasteiger partial charge in [-0.2, -0.15) is 0 Å². The minimum absolute atomic E-state index is 0.199. The summed E-state index contributed by atoms with van der Waals surface area (Å²) in [5.74, 6) is 0.0892. The molecule has 2 aliphatic rings. The molecular formula is C19H19ClFNO2. The molecule has 2 heterocycles. The molecular weight excluding hydrogens is 329 g/mol. The highest BCUT2D eigenvalue weighted by molar-refractivity contribution is 6.31. The maximum atomic E-state index is 14.4. The van der Waals surface area contributed by atoms with E-state index in [4.69, 9.17) is 21.1 Å². The molecule has 0 radical (unpaired) electrons. The molecule has 1 fully saturated rings. The summed E-state index contributed by atoms with van der Waals surface area (Å²) < 4.78 is 26.0. The Kier molecular flexibility index (Phi) is 3.99. The molecule has 5 heteroatoms. The van der Waals surface area contributed by atoms with E-state index in [1.807, 2.05) is 6.07 Å². The van der Waals surface area contributed by atoms with Gasteiger partial charge < -0.3 is 14.8 Å². The van der Waals surface area contributed by atoms with E-state index in [0.717, 1.165) is 11.3 Å². The first-order valence-electron chi connectivity index (χ1n) is 8.13. The molecule has 2 aliphatic heterocycles. The highest BCUT2D eigenvalue weighted by atomic mass is 35.5. The number of nitrogens with one attached hydrogen (secondary N) is 1. The summed E-state index contributed by atoms with van der Waals surface area (Å²) >= 11 is 6.27. The van der Waals surface area contributed by atoms with E-state index in [9.17, 15) is 4.39 Å². The Morgan fingerprint density at radius 3 is 2.79 bits per heavy atom. The molecule has 1 saturated heterocycles. The van der Waals surface area contributed by atoms with Crippen molar-refractivity contribution in [3.8, 4) is 0 Å². The van der Waals surface area contributed by atoms with Crippen LogP contribution < -0.4 is 5.32 Å². The van der Waals surface area contributed by atoms with E-state index in [2.05, 4.69) is 31.3 Å². The molecule has 3 nitrogen and oxygen atoms in total. The first-order chi connectivity index (χ1) is 11.6. The minimum atomic E-state index is -0.386. The fourth-order valence-corrected chi connectivity index (χ4v) is 3.79. The van der Waals surface area contributed by atoms with Crippen LogP contribution in [0.4, 0.5) is 10.1 Å². The summed E-state index contributed by atoms with van der Waals surface area (Å²) in [7, 11) is 0. The van der Waals surface area contributed by atoms with Gasteiger partial charge in [0.25, 0.3) is 0 Å². The maximum Gasteiger partial charge on any atom is 0.148 e. The molecule has 0 saturated carbocycles. The van der Waals surface area contributed by atoms with E-state index in [1.165, 1.54) is 11.6 Å². The summed E-state index contributed by atoms with van der Waals surface area (Å²) in [5.41, 5.74) is 3.67. The van der Waals surface area contributed by atoms with Gasteiger partial charge in [-0.25, -0.2) is 4.39 Å². The number of hydrogen-bond acceptors (Lipinski definition) is 3. The van der Waals surface area contributed by atoms with Gasteiger partial charge >= 0.3 is 0 Å². The van der Waals surface area contributed by atoms with Gasteiger partial charge in [-0.3, -0.25) is 0 Å². The zero-order valence-electron chi connectivity index (χ0n) is 13.6. The first kappa shape index (κ1) is 15.9. The van der Waals surface area contributed by atoms with Crippen LogP contribution in [0.15, 0.2) is 36.4 Å². The first-order valence-corrected chi connectivity index (χ1v) is 8.51. The summed E-state index contributed by atoms with van der Waals surface area (Å²) in [6.07, 6.45) is -0.532. The van der Waals surface area contributed by atoms with Gasteiger partial charge in [0.15, 0.2) is 0 Å². The van der Waals surface area contributed by atoms with Crippen molar-refractivity contribution >= 4 is 17.3 Å². The largest absolute Gasteiger partial charge is 0.375 e. The molecule has 0 amide bonds. The van der Waals surface area contributed by atoms with E-state index in [-0.39, 0.29) is 30.9 Å². The van der Waals surface area contributed by atoms with E-state index >= 15 is 0 Å². The average Bonchev–Trinajstić information content (AvgIpc) is 3.04. The summed E-state index contributed by atoms with van der Waals surface area (Å²) in [4.78, 5) is 0. The van der Waals surface area contributed by atoms with E-state index in [0.29, 0.717) is 16.5 Å². The molecule has 0 bridgehead atoms. The summed E-state index contributed by atoms with van der Waals surface area (Å²) in [6.45, 7) is 4.51. The van der Waals surface area contributed by atoms with Crippen LogP contribution in [-0.2, 0) is 9.47 Å². The van der Waals surface area contributed by atoms with Crippen molar-refractivity contribution in [2.24, 2.45) is 0 Å². The van der Waals surface area contributed by atoms with Crippen LogP contribution in [0.2, 0.25) is 5.02 Å². The van der Waals surface area contributed by atoms with Crippen LogP contribution >= 0.6 is 11.6 Å². The zero-order valence-corrected chi connectivity index (χ0v) is 14.3. The van der Waals surface area contributed by atoms with Crippen LogP contribution in [0.3, 0.4) is 0 Å². The van der Waals surface area contributed by atoms with Gasteiger partial charge in [-0.1, -0.05) is 43.6 Å². The van der Waals surface area contributed by atoms with Crippen LogP contribution in [0, 0.1) is 5.82 Å². The Morgan fingerprint density at radius 1 is 1.21 bits per heavy atom. The van der Waals surface area contributed by atoms with Crippen molar-refractivity contribution in [2.45, 2.75) is 38.0 Å². The number of halogens is 2. The number of fused-ring (bicyclic) bond motifs is 3. The average molecular weight is 348 g/mol. The maximum absolute atomic E-state index is 14.4. The molecule has 3 atom stereocenters. The summed E-state index contributed by atoms with van der Waals surface area (Å²) in [5, 5.41) is 3.80. The molecule has 126 valence electrons. The lowest BCUT2D eigenvalue weighted by molar-refractivity contribution is 0.0365. The number of hydrogen-bond donors (Lipinski definition) is 1. The Labute approximate surface area is 145 Å². The highest BCUT2D eigenvalue weighted by Gasteiger charge is 2.44. The lowest BCUT2D eigenvalue weighted by Crippen LogP contribution is -2.35. The van der Waals surface area contributed by atoms with Crippen molar-refractivity contribution in [1.29, 1.82) is 0 Å². The zero-order chi connectivity index (χ0) is 16.8. The van der Waals surface area contributed by atoms with Crippen molar-refractivity contribution in [1.82, 2.24) is 0 Å². The third-order valence-corrected chi connectivity index (χ3v) is 5.14. The fraction of sp³-hybridized carbons (Fsp3) is 0.368. The minimum Gasteiger partial charge on any atom is -0.375 e. The predicted octanol–water partition coefficient (Wildman–Crippen LogP) is 5.18. The topological polar surface area (TPSA) is 30.5 Å². The standard InChI is InChI=1S/C19H19ClFNO2/c1-10(2)11-6-7-15-12(8-11)18-19(24-9-23-18)17(22-15)16-13(20)4-3-5-14(16)21/h3-8,10,17-19,22H,9H2,1-2H3/t17-,18?,19?/m0/s1. The van der Waals surface area contributed by atoms with E-state index in [1.54, 1.807) is 12.1 Å². The van der Waals surface area contributed by atoms with Gasteiger partial charge in [0.1, 0.15) is 24.8 Å². The van der Waals surface area contributed by atoms with Crippen molar-refractivity contribution < 1.29 is 13.9 Å². The Balaban J connectivity index is 1.81. The second-order valence-electron chi connectivity index (χ2n) is 6.60. The second kappa shape index (κ2) is 6.03. The van der Waals surface area contributed by atoms with Crippen molar-refractivity contribution in [3.63, 3.8) is 0 Å². The molecule has 2 unspecified atom stereocenters. The van der Waals surface area contributed by atoms with Gasteiger partial charge in [0.05, 0.1) is 6.04 Å². The Hall–Kier alpha value is -1.62. The molecule has 4 rings (SSSR count). The smallest absolute Gasteiger partial charge is 0.148 e. The molecule has 24 heavy (non-hydrogen) atoms. The van der Waals surface area contributed by atoms with Gasteiger partial charge in [0, 0.05) is 21.8 Å². The van der Waals surface area contributed by atoms with Crippen LogP contribution in [0.25, 0.3) is 0 Å². The van der Waals surface area contributed by atoms with Crippen molar-refractivity contribution in [3.05, 3.63) is 63.9 Å². The molecule has 0 spiro atoms. The third-order valence-electron chi connectivity index (χ3n) is 4.81. The normalized spacial score (nSPS) is 25.3. The van der Waals surface area contributed by atoms with Crippen molar-refractivity contribution in [2.75, 3.05) is 12.1 Å². The number of rotatable bonds is 2. The molecule has 2 aromatic rings. The fourth-order valence-electron chi connectivity index (χ4n) is 3.51. The second-order valence-corrected chi connectivity index (χ2v) is 7.00. The third kappa shape index (κ3) is 2.50. The number of anilines is 1. The van der Waals surface area contributed by atoms with E-state index < -0.39 is 0 Å². The lowest BCUT2D eigenvalue weighted by Gasteiger charge is -2.36. The van der Waals surface area contributed by atoms with Crippen LogP contribution in [0.1, 0.15) is 48.6 Å². The quantitative estimate of drug-likeness (QED) is 0.811. The predicted molar refractivity (Wildman–Crippen MR) is 91.9 cm³/mol. The van der Waals surface area contributed by atoms with Crippen LogP contribution in [-0.4, -0.2) is 12.9 Å². The van der Waals surface area contributed by atoms with Gasteiger partial charge in [-0.15, -0.1) is 0 Å². The monoisotopic (exact) mass is 347 g/mol. The Bertz CT molecular complexity index is 760. The van der Waals surface area contributed by atoms with Gasteiger partial charge in [-0.05, 0) is 29.7 Å². The SMILES string of the molecule is CC(C)c1ccc2c(c1)C1OCOC1[C@H](c1c(F)cccc1Cl)N2. The van der Waals surface area contributed by atoms with Crippen LogP contribution in [0.5, 0.6) is 0 Å². The molecule has 0 aliphatic carbocycles. The van der Waals surface area contributed by atoms with Gasteiger partial charge in [0.2, 0.25) is 0 Å². The molecule has 1 N–H and O–H groups in total. The summed E-state index contributed by atoms with van der Waals surface area (Å²) in [6, 6.07) is 10.6. The number of benzene rings is 2. The highest BCUT2D eigenvalue weighted by Crippen LogP contribution is 2.47. The lowest BCUT2D eigenvalue weighted by atomic mass is 9.86. The Morgan fingerprint density at radius 2 is 2.04 bits per heavy atom. The number of ether oxygens (including phenoxy) is 2. The molecule has 2 aromatic carbocycles.